The second-order valence-corrected chi connectivity index (χ2v) is 6.44. The van der Waals surface area contributed by atoms with Crippen molar-refractivity contribution in [1.29, 1.82) is 0 Å². The van der Waals surface area contributed by atoms with Crippen molar-refractivity contribution in [1.82, 2.24) is 10.3 Å². The van der Waals surface area contributed by atoms with E-state index < -0.39 is 0 Å². The molecule has 3 nitrogen and oxygen atoms in total. The van der Waals surface area contributed by atoms with Crippen molar-refractivity contribution >= 4 is 17.4 Å². The van der Waals surface area contributed by atoms with Gasteiger partial charge in [-0.15, -0.1) is 11.3 Å². The van der Waals surface area contributed by atoms with E-state index >= 15 is 0 Å². The fraction of sp³-hybridized carbons (Fsp3) is 0.688. The first-order valence-electron chi connectivity index (χ1n) is 7.62. The Morgan fingerprint density at radius 1 is 1.45 bits per heavy atom. The second kappa shape index (κ2) is 8.55. The van der Waals surface area contributed by atoms with Gasteiger partial charge in [0.15, 0.2) is 0 Å². The third-order valence-electron chi connectivity index (χ3n) is 3.89. The summed E-state index contributed by atoms with van der Waals surface area (Å²) in [5.41, 5.74) is 2.65. The number of thiazole rings is 1. The maximum atomic E-state index is 5.10. The molecule has 4 heteroatoms. The third-order valence-corrected chi connectivity index (χ3v) is 4.80. The largest absolute Gasteiger partial charge is 0.383 e. The Hall–Kier alpha value is -0.710. The van der Waals surface area contributed by atoms with Crippen LogP contribution in [0.25, 0.3) is 6.08 Å². The van der Waals surface area contributed by atoms with Gasteiger partial charge in [-0.2, -0.15) is 0 Å². The number of methoxy groups -OCH3 is 1. The van der Waals surface area contributed by atoms with Gasteiger partial charge in [0.1, 0.15) is 5.01 Å². The molecule has 1 saturated carbocycles. The van der Waals surface area contributed by atoms with Crippen molar-refractivity contribution in [3.8, 4) is 0 Å². The summed E-state index contributed by atoms with van der Waals surface area (Å²) in [7, 11) is 1.75. The van der Waals surface area contributed by atoms with Crippen molar-refractivity contribution in [2.45, 2.75) is 39.0 Å². The maximum Gasteiger partial charge on any atom is 0.116 e. The first-order valence-corrected chi connectivity index (χ1v) is 8.50. The molecule has 0 bridgehead atoms. The molecule has 0 saturated heterocycles. The molecular weight excluding hydrogens is 268 g/mol. The Bertz CT molecular complexity index is 422. The number of nitrogens with zero attached hydrogens (tertiary/aromatic N) is 1. The SMILES string of the molecule is COCCNCC(=Cc1nc(C)cs1)C1CCCCC1. The fourth-order valence-corrected chi connectivity index (χ4v) is 3.55. The normalized spacial score (nSPS) is 17.6. The van der Waals surface area contributed by atoms with Gasteiger partial charge in [0.05, 0.1) is 6.61 Å². The van der Waals surface area contributed by atoms with Gasteiger partial charge in [0.2, 0.25) is 0 Å². The molecule has 0 aromatic carbocycles. The Kier molecular flexibility index (Phi) is 6.70. The van der Waals surface area contributed by atoms with Gasteiger partial charge in [-0.05, 0) is 31.8 Å². The minimum absolute atomic E-state index is 0.739. The predicted molar refractivity (Wildman–Crippen MR) is 86.1 cm³/mol. The van der Waals surface area contributed by atoms with E-state index in [0.29, 0.717) is 0 Å². The van der Waals surface area contributed by atoms with Gasteiger partial charge in [0, 0.05) is 31.3 Å². The zero-order valence-electron chi connectivity index (χ0n) is 12.7. The molecule has 1 aromatic rings. The van der Waals surface area contributed by atoms with Crippen molar-refractivity contribution in [3.63, 3.8) is 0 Å². The predicted octanol–water partition coefficient (Wildman–Crippen LogP) is 3.65. The summed E-state index contributed by atoms with van der Waals surface area (Å²) in [6, 6.07) is 0. The quantitative estimate of drug-likeness (QED) is 0.779. The van der Waals surface area contributed by atoms with Gasteiger partial charge in [-0.25, -0.2) is 4.98 Å². The lowest BCUT2D eigenvalue weighted by Gasteiger charge is -2.24. The van der Waals surface area contributed by atoms with Crippen molar-refractivity contribution in [2.75, 3.05) is 26.8 Å². The zero-order chi connectivity index (χ0) is 14.2. The van der Waals surface area contributed by atoms with Crippen LogP contribution in [0, 0.1) is 12.8 Å². The smallest absolute Gasteiger partial charge is 0.116 e. The molecule has 1 heterocycles. The standard InChI is InChI=1S/C16H26N2OS/c1-13-12-20-16(18-13)10-15(11-17-8-9-19-2)14-6-4-3-5-7-14/h10,12,14,17H,3-9,11H2,1-2H3. The van der Waals surface area contributed by atoms with Gasteiger partial charge >= 0.3 is 0 Å². The minimum atomic E-state index is 0.739. The van der Waals surface area contributed by atoms with Gasteiger partial charge in [0.25, 0.3) is 0 Å². The molecule has 0 atom stereocenters. The summed E-state index contributed by atoms with van der Waals surface area (Å²) in [5.74, 6) is 0.739. The Morgan fingerprint density at radius 2 is 2.25 bits per heavy atom. The molecule has 112 valence electrons. The fourth-order valence-electron chi connectivity index (χ4n) is 2.79. The average Bonchev–Trinajstić information content (AvgIpc) is 2.88. The van der Waals surface area contributed by atoms with Crippen molar-refractivity contribution < 1.29 is 4.74 Å². The number of nitrogens with one attached hydrogen (secondary N) is 1. The van der Waals surface area contributed by atoms with Crippen LogP contribution in [0.5, 0.6) is 0 Å². The Labute approximate surface area is 126 Å². The molecule has 2 rings (SSSR count). The van der Waals surface area contributed by atoms with Gasteiger partial charge < -0.3 is 10.1 Å². The Balaban J connectivity index is 2.00. The van der Waals surface area contributed by atoms with Crippen molar-refractivity contribution in [3.05, 3.63) is 21.7 Å². The number of ether oxygens (including phenoxy) is 1. The highest BCUT2D eigenvalue weighted by Gasteiger charge is 2.18. The van der Waals surface area contributed by atoms with Crippen LogP contribution >= 0.6 is 11.3 Å². The van der Waals surface area contributed by atoms with E-state index in [-0.39, 0.29) is 0 Å². The molecule has 20 heavy (non-hydrogen) atoms. The van der Waals surface area contributed by atoms with Crippen LogP contribution in [-0.4, -0.2) is 31.8 Å². The van der Waals surface area contributed by atoms with Crippen LogP contribution in [0.2, 0.25) is 0 Å². The molecule has 0 radical (unpaired) electrons. The third kappa shape index (κ3) is 5.00. The van der Waals surface area contributed by atoms with E-state index in [1.807, 2.05) is 0 Å². The van der Waals surface area contributed by atoms with Crippen LogP contribution in [0.1, 0.15) is 42.8 Å². The van der Waals surface area contributed by atoms with E-state index in [0.717, 1.165) is 36.3 Å². The van der Waals surface area contributed by atoms with E-state index in [1.54, 1.807) is 18.4 Å². The Morgan fingerprint density at radius 3 is 2.90 bits per heavy atom. The van der Waals surface area contributed by atoms with Gasteiger partial charge in [-0.3, -0.25) is 0 Å². The molecule has 0 aliphatic heterocycles. The summed E-state index contributed by atoms with van der Waals surface area (Å²) < 4.78 is 5.10. The lowest BCUT2D eigenvalue weighted by atomic mass is 9.83. The highest BCUT2D eigenvalue weighted by molar-refractivity contribution is 7.10. The van der Waals surface area contributed by atoms with E-state index in [2.05, 4.69) is 28.7 Å². The van der Waals surface area contributed by atoms with E-state index in [4.69, 9.17) is 4.74 Å². The molecule has 1 fully saturated rings. The molecule has 0 unspecified atom stereocenters. The monoisotopic (exact) mass is 294 g/mol. The summed E-state index contributed by atoms with van der Waals surface area (Å²) in [5, 5.41) is 6.77. The number of rotatable bonds is 7. The molecular formula is C16H26N2OS. The van der Waals surface area contributed by atoms with Crippen LogP contribution < -0.4 is 5.32 Å². The highest BCUT2D eigenvalue weighted by Crippen LogP contribution is 2.31. The minimum Gasteiger partial charge on any atom is -0.383 e. The second-order valence-electron chi connectivity index (χ2n) is 5.55. The number of hydrogen-bond donors (Lipinski definition) is 1. The first kappa shape index (κ1) is 15.7. The topological polar surface area (TPSA) is 34.1 Å². The average molecular weight is 294 g/mol. The molecule has 0 amide bonds. The lowest BCUT2D eigenvalue weighted by Crippen LogP contribution is -2.25. The number of aromatic nitrogens is 1. The molecule has 1 aliphatic carbocycles. The lowest BCUT2D eigenvalue weighted by molar-refractivity contribution is 0.200. The first-order chi connectivity index (χ1) is 9.79. The zero-order valence-corrected chi connectivity index (χ0v) is 13.5. The van der Waals surface area contributed by atoms with Crippen LogP contribution in [0.15, 0.2) is 11.0 Å². The van der Waals surface area contributed by atoms with Crippen molar-refractivity contribution in [2.24, 2.45) is 5.92 Å². The number of aryl methyl sites for hydroxylation is 1. The van der Waals surface area contributed by atoms with Crippen LogP contribution in [0.3, 0.4) is 0 Å². The van der Waals surface area contributed by atoms with E-state index in [1.165, 1.54) is 37.7 Å². The summed E-state index contributed by atoms with van der Waals surface area (Å²) in [6.45, 7) is 4.71. The summed E-state index contributed by atoms with van der Waals surface area (Å²) >= 11 is 1.75. The summed E-state index contributed by atoms with van der Waals surface area (Å²) in [6.07, 6.45) is 9.13. The summed E-state index contributed by atoms with van der Waals surface area (Å²) in [4.78, 5) is 4.58. The molecule has 1 aliphatic rings. The number of hydrogen-bond acceptors (Lipinski definition) is 4. The van der Waals surface area contributed by atoms with E-state index in [9.17, 15) is 0 Å². The molecule has 0 spiro atoms. The highest BCUT2D eigenvalue weighted by atomic mass is 32.1. The molecule has 1 aromatic heterocycles. The van der Waals surface area contributed by atoms with Crippen LogP contribution in [0.4, 0.5) is 0 Å². The molecule has 1 N–H and O–H groups in total. The van der Waals surface area contributed by atoms with Crippen LogP contribution in [-0.2, 0) is 4.74 Å². The maximum absolute atomic E-state index is 5.10. The van der Waals surface area contributed by atoms with Gasteiger partial charge in [-0.1, -0.05) is 24.8 Å².